The highest BCUT2D eigenvalue weighted by Gasteiger charge is 2.28. The Bertz CT molecular complexity index is 321. The van der Waals surface area contributed by atoms with Gasteiger partial charge in [0.25, 0.3) is 6.29 Å². The molecule has 1 saturated heterocycles. The summed E-state index contributed by atoms with van der Waals surface area (Å²) in [6.45, 7) is 0. The van der Waals surface area contributed by atoms with Gasteiger partial charge in [0.2, 0.25) is 0 Å². The van der Waals surface area contributed by atoms with Crippen LogP contribution in [0.3, 0.4) is 0 Å². The molecule has 1 heterocycles. The van der Waals surface area contributed by atoms with E-state index in [0.717, 1.165) is 0 Å². The summed E-state index contributed by atoms with van der Waals surface area (Å²) in [7, 11) is 0. The van der Waals surface area contributed by atoms with E-state index in [0.29, 0.717) is 5.56 Å². The van der Waals surface area contributed by atoms with E-state index in [-0.39, 0.29) is 5.82 Å². The lowest BCUT2D eigenvalue weighted by atomic mass is 10.2. The fourth-order valence-corrected chi connectivity index (χ4v) is 0.953. The van der Waals surface area contributed by atoms with Crippen molar-refractivity contribution in [1.82, 2.24) is 0 Å². The van der Waals surface area contributed by atoms with Crippen LogP contribution in [0.4, 0.5) is 9.18 Å². The van der Waals surface area contributed by atoms with Crippen molar-refractivity contribution in [3.8, 4) is 0 Å². The van der Waals surface area contributed by atoms with E-state index in [2.05, 4.69) is 14.5 Å². The second kappa shape index (κ2) is 3.02. The molecule has 5 heteroatoms. The van der Waals surface area contributed by atoms with Crippen LogP contribution in [0.1, 0.15) is 11.9 Å². The monoisotopic (exact) mass is 184 g/mol. The lowest BCUT2D eigenvalue weighted by Crippen LogP contribution is -1.98. The van der Waals surface area contributed by atoms with Gasteiger partial charge in [-0.2, -0.15) is 0 Å². The maximum absolute atomic E-state index is 12.5. The Kier molecular flexibility index (Phi) is 1.86. The molecule has 1 aromatic carbocycles. The van der Waals surface area contributed by atoms with Crippen molar-refractivity contribution in [2.45, 2.75) is 6.29 Å². The second-order valence-electron chi connectivity index (χ2n) is 2.43. The van der Waals surface area contributed by atoms with E-state index < -0.39 is 12.4 Å². The number of carbonyl (C=O) groups excluding carboxylic acids is 1. The van der Waals surface area contributed by atoms with Crippen molar-refractivity contribution in [3.63, 3.8) is 0 Å². The van der Waals surface area contributed by atoms with Crippen LogP contribution >= 0.6 is 0 Å². The Morgan fingerprint density at radius 3 is 2.46 bits per heavy atom. The van der Waals surface area contributed by atoms with Crippen LogP contribution < -0.4 is 0 Å². The van der Waals surface area contributed by atoms with Gasteiger partial charge < -0.3 is 4.74 Å². The van der Waals surface area contributed by atoms with Crippen LogP contribution in [-0.2, 0) is 14.5 Å². The molecule has 0 radical (unpaired) electrons. The average Bonchev–Trinajstić information content (AvgIpc) is 2.53. The predicted molar refractivity (Wildman–Crippen MR) is 37.8 cm³/mol. The van der Waals surface area contributed by atoms with Gasteiger partial charge in [-0.05, 0) is 24.3 Å². The van der Waals surface area contributed by atoms with Crippen LogP contribution in [0.15, 0.2) is 24.3 Å². The third-order valence-electron chi connectivity index (χ3n) is 1.55. The zero-order valence-electron chi connectivity index (χ0n) is 6.40. The molecule has 0 saturated carbocycles. The third-order valence-corrected chi connectivity index (χ3v) is 1.55. The van der Waals surface area contributed by atoms with Crippen LogP contribution in [0.25, 0.3) is 0 Å². The summed E-state index contributed by atoms with van der Waals surface area (Å²) in [4.78, 5) is 19.0. The summed E-state index contributed by atoms with van der Waals surface area (Å²) in [5, 5.41) is 0. The fourth-order valence-electron chi connectivity index (χ4n) is 0.953. The smallest absolute Gasteiger partial charge is 0.394 e. The first-order chi connectivity index (χ1) is 6.25. The quantitative estimate of drug-likeness (QED) is 0.494. The Hall–Kier alpha value is -1.62. The zero-order valence-corrected chi connectivity index (χ0v) is 6.40. The summed E-state index contributed by atoms with van der Waals surface area (Å²) >= 11 is 0. The molecule has 0 bridgehead atoms. The first-order valence-electron chi connectivity index (χ1n) is 3.55. The number of carbonyl (C=O) groups is 1. The standard InChI is InChI=1S/C8H5FO4/c9-6-3-1-5(2-4-6)7-11-8(10)13-12-7/h1-4,7H. The molecule has 0 aliphatic carbocycles. The normalized spacial score (nSPS) is 21.0. The van der Waals surface area contributed by atoms with E-state index in [9.17, 15) is 9.18 Å². The Morgan fingerprint density at radius 1 is 1.23 bits per heavy atom. The molecule has 1 fully saturated rings. The van der Waals surface area contributed by atoms with Crippen molar-refractivity contribution in [1.29, 1.82) is 0 Å². The third kappa shape index (κ3) is 1.59. The van der Waals surface area contributed by atoms with Gasteiger partial charge in [-0.3, -0.25) is 4.89 Å². The van der Waals surface area contributed by atoms with E-state index in [4.69, 9.17) is 0 Å². The van der Waals surface area contributed by atoms with Gasteiger partial charge in [0.15, 0.2) is 0 Å². The summed E-state index contributed by atoms with van der Waals surface area (Å²) in [6.07, 6.45) is -1.79. The molecular weight excluding hydrogens is 179 g/mol. The lowest BCUT2D eigenvalue weighted by molar-refractivity contribution is -0.256. The van der Waals surface area contributed by atoms with Gasteiger partial charge in [0, 0.05) is 5.56 Å². The molecule has 1 aromatic rings. The fraction of sp³-hybridized carbons (Fsp3) is 0.125. The number of hydrogen-bond acceptors (Lipinski definition) is 4. The van der Waals surface area contributed by atoms with Crippen LogP contribution in [0.5, 0.6) is 0 Å². The van der Waals surface area contributed by atoms with Crippen molar-refractivity contribution in [2.24, 2.45) is 0 Å². The number of hydrogen-bond donors (Lipinski definition) is 0. The number of cyclic esters (lactones) is 1. The highest BCUT2D eigenvalue weighted by Crippen LogP contribution is 2.24. The van der Waals surface area contributed by atoms with Crippen molar-refractivity contribution in [2.75, 3.05) is 0 Å². The van der Waals surface area contributed by atoms with E-state index >= 15 is 0 Å². The molecule has 13 heavy (non-hydrogen) atoms. The summed E-state index contributed by atoms with van der Waals surface area (Å²) in [5.74, 6) is -0.367. The minimum absolute atomic E-state index is 0.367. The predicted octanol–water partition coefficient (Wildman–Crippen LogP) is 1.92. The summed E-state index contributed by atoms with van der Waals surface area (Å²) < 4.78 is 17.1. The van der Waals surface area contributed by atoms with Crippen LogP contribution in [-0.4, -0.2) is 6.16 Å². The zero-order chi connectivity index (χ0) is 9.26. The first kappa shape index (κ1) is 8.00. The van der Waals surface area contributed by atoms with Crippen molar-refractivity contribution in [3.05, 3.63) is 35.6 Å². The molecule has 1 unspecified atom stereocenters. The minimum Gasteiger partial charge on any atom is -0.394 e. The van der Waals surface area contributed by atoms with Crippen molar-refractivity contribution < 1.29 is 23.7 Å². The van der Waals surface area contributed by atoms with E-state index in [1.54, 1.807) is 0 Å². The molecule has 0 spiro atoms. The molecular formula is C8H5FO4. The van der Waals surface area contributed by atoms with Gasteiger partial charge in [0.05, 0.1) is 0 Å². The molecule has 68 valence electrons. The van der Waals surface area contributed by atoms with E-state index in [1.165, 1.54) is 24.3 Å². The minimum atomic E-state index is -0.895. The first-order valence-corrected chi connectivity index (χ1v) is 3.55. The molecule has 1 atom stereocenters. The summed E-state index contributed by atoms with van der Waals surface area (Å²) in [6, 6.07) is 5.37. The number of halogens is 1. The van der Waals surface area contributed by atoms with E-state index in [1.807, 2.05) is 0 Å². The highest BCUT2D eigenvalue weighted by molar-refractivity contribution is 5.60. The Balaban J connectivity index is 2.17. The number of rotatable bonds is 1. The van der Waals surface area contributed by atoms with Gasteiger partial charge in [0.1, 0.15) is 5.82 Å². The Labute approximate surface area is 72.8 Å². The maximum atomic E-state index is 12.5. The molecule has 4 nitrogen and oxygen atoms in total. The van der Waals surface area contributed by atoms with Gasteiger partial charge in [-0.25, -0.2) is 9.18 Å². The molecule has 0 amide bonds. The van der Waals surface area contributed by atoms with Gasteiger partial charge >= 0.3 is 6.16 Å². The molecule has 0 aromatic heterocycles. The largest absolute Gasteiger partial charge is 0.543 e. The second-order valence-corrected chi connectivity index (χ2v) is 2.43. The molecule has 2 rings (SSSR count). The molecule has 0 N–H and O–H groups in total. The highest BCUT2D eigenvalue weighted by atomic mass is 19.1. The van der Waals surface area contributed by atoms with Crippen molar-refractivity contribution >= 4 is 6.16 Å². The van der Waals surface area contributed by atoms with Crippen LogP contribution in [0.2, 0.25) is 0 Å². The maximum Gasteiger partial charge on any atom is 0.543 e. The molecule has 1 aliphatic rings. The van der Waals surface area contributed by atoms with Crippen LogP contribution in [0, 0.1) is 5.82 Å². The molecule has 1 aliphatic heterocycles. The van der Waals surface area contributed by atoms with Gasteiger partial charge in [-0.15, -0.1) is 4.89 Å². The SMILES string of the molecule is O=C1OOC(c2ccc(F)cc2)O1. The topological polar surface area (TPSA) is 44.8 Å². The van der Waals surface area contributed by atoms with Gasteiger partial charge in [-0.1, -0.05) is 0 Å². The summed E-state index contributed by atoms with van der Waals surface area (Å²) in [5.41, 5.74) is 0.521. The lowest BCUT2D eigenvalue weighted by Gasteiger charge is -2.03. The number of ether oxygens (including phenoxy) is 1. The number of benzene rings is 1. The Morgan fingerprint density at radius 2 is 1.92 bits per heavy atom. The average molecular weight is 184 g/mol.